The van der Waals surface area contributed by atoms with Crippen LogP contribution in [-0.4, -0.2) is 21.3 Å². The van der Waals surface area contributed by atoms with E-state index in [-0.39, 0.29) is 5.91 Å². The Bertz CT molecular complexity index is 489. The maximum Gasteiger partial charge on any atom is 0.221 e. The maximum atomic E-state index is 10.9. The normalized spacial score (nSPS) is 10.4. The summed E-state index contributed by atoms with van der Waals surface area (Å²) in [6.07, 6.45) is 0. The summed E-state index contributed by atoms with van der Waals surface area (Å²) in [5.41, 5.74) is 3.30. The fourth-order valence-electron chi connectivity index (χ4n) is 1.32. The lowest BCUT2D eigenvalue weighted by Gasteiger charge is -2.04. The van der Waals surface area contributed by atoms with Crippen LogP contribution in [0.15, 0.2) is 12.1 Å². The van der Waals surface area contributed by atoms with Gasteiger partial charge in [-0.1, -0.05) is 0 Å². The molecule has 0 bridgehead atoms. The third kappa shape index (κ3) is 1.44. The van der Waals surface area contributed by atoms with E-state index in [2.05, 4.69) is 20.7 Å². The number of H-pyrrole nitrogens is 1. The van der Waals surface area contributed by atoms with Crippen molar-refractivity contribution < 1.29 is 4.79 Å². The van der Waals surface area contributed by atoms with Crippen molar-refractivity contribution >= 4 is 22.6 Å². The fourth-order valence-corrected chi connectivity index (χ4v) is 1.32. The second kappa shape index (κ2) is 3.10. The van der Waals surface area contributed by atoms with Crippen LogP contribution in [0.2, 0.25) is 0 Å². The minimum atomic E-state index is -0.0871. The predicted molar refractivity (Wildman–Crippen MR) is 52.9 cm³/mol. The molecule has 0 fully saturated rings. The number of hydrogen-bond donors (Lipinski definition) is 2. The van der Waals surface area contributed by atoms with Gasteiger partial charge in [-0.25, -0.2) is 0 Å². The predicted octanol–water partition coefficient (Wildman–Crippen LogP) is 1.22. The first-order chi connectivity index (χ1) is 6.66. The van der Waals surface area contributed by atoms with Gasteiger partial charge in [0.1, 0.15) is 11.0 Å². The molecule has 14 heavy (non-hydrogen) atoms. The number of aromatic nitrogens is 3. The number of nitrogens with zero attached hydrogens (tertiary/aromatic N) is 2. The summed E-state index contributed by atoms with van der Waals surface area (Å²) in [6.45, 7) is 3.39. The van der Waals surface area contributed by atoms with Crippen LogP contribution in [0.5, 0.6) is 0 Å². The second-order valence-corrected chi connectivity index (χ2v) is 3.16. The summed E-state index contributed by atoms with van der Waals surface area (Å²) >= 11 is 0. The van der Waals surface area contributed by atoms with Crippen LogP contribution in [0.25, 0.3) is 11.0 Å². The average Bonchev–Trinajstić information content (AvgIpc) is 2.51. The number of anilines is 1. The van der Waals surface area contributed by atoms with Crippen LogP contribution in [0, 0.1) is 6.92 Å². The van der Waals surface area contributed by atoms with Crippen molar-refractivity contribution in [1.29, 1.82) is 0 Å². The van der Waals surface area contributed by atoms with E-state index in [1.165, 1.54) is 6.92 Å². The summed E-state index contributed by atoms with van der Waals surface area (Å²) in [6, 6.07) is 3.68. The number of rotatable bonds is 1. The Hall–Kier alpha value is -1.91. The van der Waals surface area contributed by atoms with Crippen molar-refractivity contribution in [2.24, 2.45) is 0 Å². The van der Waals surface area contributed by atoms with Crippen molar-refractivity contribution in [3.05, 3.63) is 17.7 Å². The van der Waals surface area contributed by atoms with Crippen LogP contribution in [0.3, 0.4) is 0 Å². The van der Waals surface area contributed by atoms with Crippen molar-refractivity contribution in [1.82, 2.24) is 15.4 Å². The number of benzene rings is 1. The molecule has 1 heterocycles. The van der Waals surface area contributed by atoms with E-state index >= 15 is 0 Å². The molecule has 0 aliphatic heterocycles. The van der Waals surface area contributed by atoms with E-state index < -0.39 is 0 Å². The van der Waals surface area contributed by atoms with Gasteiger partial charge in [-0.05, 0) is 24.6 Å². The highest BCUT2D eigenvalue weighted by Crippen LogP contribution is 2.20. The molecule has 5 heteroatoms. The lowest BCUT2D eigenvalue weighted by molar-refractivity contribution is -0.114. The minimum absolute atomic E-state index is 0.0871. The number of amides is 1. The Labute approximate surface area is 80.5 Å². The van der Waals surface area contributed by atoms with Crippen molar-refractivity contribution in [2.45, 2.75) is 13.8 Å². The standard InChI is InChI=1S/C9H10N4O/c1-5-3-8-9(12-13-11-8)4-7(5)10-6(2)14/h3-4H,1-2H3,(H,10,14)(H,11,12,13). The molecule has 0 spiro atoms. The first-order valence-corrected chi connectivity index (χ1v) is 4.25. The molecule has 1 amide bonds. The second-order valence-electron chi connectivity index (χ2n) is 3.16. The van der Waals surface area contributed by atoms with Gasteiger partial charge in [-0.15, -0.1) is 0 Å². The molecule has 5 nitrogen and oxygen atoms in total. The number of carbonyl (C=O) groups excluding carboxylic acids is 1. The van der Waals surface area contributed by atoms with Gasteiger partial charge >= 0.3 is 0 Å². The zero-order valence-corrected chi connectivity index (χ0v) is 7.96. The Balaban J connectivity index is 2.53. The lowest BCUT2D eigenvalue weighted by Crippen LogP contribution is -2.06. The first kappa shape index (κ1) is 8.68. The van der Waals surface area contributed by atoms with Crippen LogP contribution in [0.1, 0.15) is 12.5 Å². The average molecular weight is 190 g/mol. The van der Waals surface area contributed by atoms with E-state index in [1.807, 2.05) is 13.0 Å². The zero-order valence-electron chi connectivity index (χ0n) is 7.96. The van der Waals surface area contributed by atoms with Crippen LogP contribution in [0.4, 0.5) is 5.69 Å². The number of aromatic amines is 1. The summed E-state index contributed by atoms with van der Waals surface area (Å²) in [5, 5.41) is 13.2. The third-order valence-electron chi connectivity index (χ3n) is 1.97. The molecule has 72 valence electrons. The van der Waals surface area contributed by atoms with Gasteiger partial charge < -0.3 is 5.32 Å². The summed E-state index contributed by atoms with van der Waals surface area (Å²) in [5.74, 6) is -0.0871. The van der Waals surface area contributed by atoms with Crippen molar-refractivity contribution in [2.75, 3.05) is 5.32 Å². The zero-order chi connectivity index (χ0) is 10.1. The quantitative estimate of drug-likeness (QED) is 0.710. The Kier molecular flexibility index (Phi) is 1.92. The number of aryl methyl sites for hydroxylation is 1. The molecular weight excluding hydrogens is 180 g/mol. The van der Waals surface area contributed by atoms with E-state index in [9.17, 15) is 4.79 Å². The Morgan fingerprint density at radius 1 is 1.36 bits per heavy atom. The molecule has 2 N–H and O–H groups in total. The molecule has 0 saturated heterocycles. The molecule has 0 radical (unpaired) electrons. The maximum absolute atomic E-state index is 10.9. The highest BCUT2D eigenvalue weighted by atomic mass is 16.1. The fraction of sp³-hybridized carbons (Fsp3) is 0.222. The van der Waals surface area contributed by atoms with Crippen LogP contribution >= 0.6 is 0 Å². The monoisotopic (exact) mass is 190 g/mol. The van der Waals surface area contributed by atoms with Crippen LogP contribution < -0.4 is 5.32 Å². The number of fused-ring (bicyclic) bond motifs is 1. The summed E-state index contributed by atoms with van der Waals surface area (Å²) in [4.78, 5) is 10.9. The lowest BCUT2D eigenvalue weighted by atomic mass is 10.2. The molecule has 0 saturated carbocycles. The minimum Gasteiger partial charge on any atom is -0.326 e. The topological polar surface area (TPSA) is 70.7 Å². The summed E-state index contributed by atoms with van der Waals surface area (Å²) < 4.78 is 0. The molecule has 1 aromatic carbocycles. The van der Waals surface area contributed by atoms with Gasteiger partial charge in [0.2, 0.25) is 5.91 Å². The Morgan fingerprint density at radius 3 is 2.64 bits per heavy atom. The molecule has 0 atom stereocenters. The van der Waals surface area contributed by atoms with E-state index in [0.29, 0.717) is 0 Å². The molecule has 0 aliphatic carbocycles. The highest BCUT2D eigenvalue weighted by Gasteiger charge is 2.04. The van der Waals surface area contributed by atoms with E-state index in [1.54, 1.807) is 6.07 Å². The van der Waals surface area contributed by atoms with Crippen LogP contribution in [-0.2, 0) is 4.79 Å². The van der Waals surface area contributed by atoms with E-state index in [0.717, 1.165) is 22.3 Å². The molecule has 1 aromatic heterocycles. The number of carbonyl (C=O) groups is 1. The summed E-state index contributed by atoms with van der Waals surface area (Å²) in [7, 11) is 0. The number of nitrogens with one attached hydrogen (secondary N) is 2. The van der Waals surface area contributed by atoms with Crippen molar-refractivity contribution in [3.63, 3.8) is 0 Å². The van der Waals surface area contributed by atoms with Gasteiger partial charge in [-0.3, -0.25) is 4.79 Å². The third-order valence-corrected chi connectivity index (χ3v) is 1.97. The molecular formula is C9H10N4O. The Morgan fingerprint density at radius 2 is 2.00 bits per heavy atom. The van der Waals surface area contributed by atoms with Gasteiger partial charge in [-0.2, -0.15) is 15.4 Å². The number of hydrogen-bond acceptors (Lipinski definition) is 3. The largest absolute Gasteiger partial charge is 0.326 e. The van der Waals surface area contributed by atoms with Gasteiger partial charge in [0.05, 0.1) is 0 Å². The van der Waals surface area contributed by atoms with Crippen molar-refractivity contribution in [3.8, 4) is 0 Å². The van der Waals surface area contributed by atoms with E-state index in [4.69, 9.17) is 0 Å². The molecule has 0 aliphatic rings. The van der Waals surface area contributed by atoms with Gasteiger partial charge in [0, 0.05) is 12.6 Å². The SMILES string of the molecule is CC(=O)Nc1cc2n[nH]nc2cc1C. The van der Waals surface area contributed by atoms with Gasteiger partial charge in [0.15, 0.2) is 0 Å². The molecule has 0 unspecified atom stereocenters. The molecule has 2 rings (SSSR count). The molecule has 2 aromatic rings. The highest BCUT2D eigenvalue weighted by molar-refractivity contribution is 5.92. The smallest absolute Gasteiger partial charge is 0.221 e. The first-order valence-electron chi connectivity index (χ1n) is 4.25. The van der Waals surface area contributed by atoms with Gasteiger partial charge in [0.25, 0.3) is 0 Å².